The van der Waals surface area contributed by atoms with Crippen molar-refractivity contribution in [2.24, 2.45) is 5.92 Å². The number of ether oxygens (including phenoxy) is 1. The van der Waals surface area contributed by atoms with Crippen molar-refractivity contribution >= 4 is 29.2 Å². The van der Waals surface area contributed by atoms with E-state index in [1.807, 2.05) is 32.0 Å². The molecule has 29 heavy (non-hydrogen) atoms. The number of phenolic OH excluding ortho intramolecular Hbond substituents is 1. The molecule has 1 fully saturated rings. The van der Waals surface area contributed by atoms with Crippen LogP contribution in [0.25, 0.3) is 0 Å². The van der Waals surface area contributed by atoms with Gasteiger partial charge in [-0.2, -0.15) is 0 Å². The van der Waals surface area contributed by atoms with Gasteiger partial charge in [-0.05, 0) is 36.6 Å². The molecule has 0 bridgehead atoms. The number of hydrogen-bond acceptors (Lipinski definition) is 5. The highest BCUT2D eigenvalue weighted by Crippen LogP contribution is 2.33. The summed E-state index contributed by atoms with van der Waals surface area (Å²) in [5.74, 6) is -2.12. The van der Waals surface area contributed by atoms with E-state index in [1.165, 1.54) is 25.3 Å². The third kappa shape index (κ3) is 3.94. The van der Waals surface area contributed by atoms with Crippen LogP contribution in [0.2, 0.25) is 0 Å². The number of anilines is 2. The number of hydrogen-bond donors (Lipinski definition) is 2. The number of carbonyl (C=O) groups is 3. The smallest absolute Gasteiger partial charge is 0.341 e. The van der Waals surface area contributed by atoms with Crippen LogP contribution in [0.15, 0.2) is 36.4 Å². The summed E-state index contributed by atoms with van der Waals surface area (Å²) in [6.45, 7) is 4.24. The van der Waals surface area contributed by atoms with Crippen molar-refractivity contribution in [2.45, 2.75) is 26.7 Å². The zero-order chi connectivity index (χ0) is 21.1. The minimum absolute atomic E-state index is 0.0399. The lowest BCUT2D eigenvalue weighted by Crippen LogP contribution is -2.29. The lowest BCUT2D eigenvalue weighted by molar-refractivity contribution is -0.122. The van der Waals surface area contributed by atoms with Gasteiger partial charge in [0.15, 0.2) is 5.75 Å². The number of nitrogens with one attached hydrogen (secondary N) is 1. The predicted molar refractivity (Wildman–Crippen MR) is 109 cm³/mol. The lowest BCUT2D eigenvalue weighted by Gasteiger charge is -2.22. The van der Waals surface area contributed by atoms with Crippen LogP contribution in [-0.4, -0.2) is 36.5 Å². The van der Waals surface area contributed by atoms with Gasteiger partial charge in [0, 0.05) is 18.7 Å². The first-order valence-electron chi connectivity index (χ1n) is 9.47. The zero-order valence-electron chi connectivity index (χ0n) is 16.7. The number of phenols is 1. The fourth-order valence-electron chi connectivity index (χ4n) is 3.64. The summed E-state index contributed by atoms with van der Waals surface area (Å²) in [5.41, 5.74) is 2.98. The van der Waals surface area contributed by atoms with E-state index in [0.29, 0.717) is 0 Å². The van der Waals surface area contributed by atoms with Crippen LogP contribution in [0.5, 0.6) is 5.75 Å². The van der Waals surface area contributed by atoms with Crippen LogP contribution in [0, 0.1) is 12.8 Å². The molecule has 0 saturated carbocycles. The zero-order valence-corrected chi connectivity index (χ0v) is 16.7. The molecule has 0 radical (unpaired) electrons. The number of nitrogens with zero attached hydrogens (tertiary/aromatic N) is 1. The predicted octanol–water partition coefficient (Wildman–Crippen LogP) is 3.04. The Kier molecular flexibility index (Phi) is 5.87. The van der Waals surface area contributed by atoms with Crippen molar-refractivity contribution in [1.29, 1.82) is 0 Å². The summed E-state index contributed by atoms with van der Waals surface area (Å²) < 4.78 is 4.62. The molecule has 7 heteroatoms. The Bertz CT molecular complexity index is 970. The third-order valence-corrected chi connectivity index (χ3v) is 5.17. The first-order valence-corrected chi connectivity index (χ1v) is 9.47. The minimum atomic E-state index is -0.701. The summed E-state index contributed by atoms with van der Waals surface area (Å²) in [6, 6.07) is 10.3. The molecule has 2 aromatic rings. The molecule has 1 unspecified atom stereocenters. The Morgan fingerprint density at radius 3 is 2.66 bits per heavy atom. The summed E-state index contributed by atoms with van der Waals surface area (Å²) in [5, 5.41) is 12.9. The van der Waals surface area contributed by atoms with Crippen molar-refractivity contribution < 1.29 is 24.2 Å². The molecular formula is C22H24N2O5. The molecule has 1 heterocycles. The Labute approximate surface area is 169 Å². The van der Waals surface area contributed by atoms with Gasteiger partial charge in [0.25, 0.3) is 0 Å². The Balaban J connectivity index is 1.80. The van der Waals surface area contributed by atoms with Crippen LogP contribution in [0.3, 0.4) is 0 Å². The summed E-state index contributed by atoms with van der Waals surface area (Å²) in [7, 11) is 1.21. The van der Waals surface area contributed by atoms with Gasteiger partial charge in [0.2, 0.25) is 11.8 Å². The number of benzene rings is 2. The normalized spacial score (nSPS) is 16.0. The highest BCUT2D eigenvalue weighted by molar-refractivity contribution is 6.05. The Morgan fingerprint density at radius 1 is 1.24 bits per heavy atom. The monoisotopic (exact) mass is 396 g/mol. The molecular weight excluding hydrogens is 372 g/mol. The number of para-hydroxylation sites is 2. The second-order valence-corrected chi connectivity index (χ2v) is 7.02. The van der Waals surface area contributed by atoms with Gasteiger partial charge in [-0.3, -0.25) is 9.59 Å². The second-order valence-electron chi connectivity index (χ2n) is 7.02. The van der Waals surface area contributed by atoms with Gasteiger partial charge in [-0.15, -0.1) is 0 Å². The maximum Gasteiger partial charge on any atom is 0.341 e. The first kappa shape index (κ1) is 20.4. The molecule has 1 saturated heterocycles. The maximum atomic E-state index is 12.8. The van der Waals surface area contributed by atoms with E-state index in [9.17, 15) is 19.5 Å². The van der Waals surface area contributed by atoms with E-state index in [0.717, 1.165) is 23.2 Å². The molecule has 1 atom stereocenters. The van der Waals surface area contributed by atoms with E-state index in [-0.39, 0.29) is 41.8 Å². The summed E-state index contributed by atoms with van der Waals surface area (Å²) in [4.78, 5) is 38.8. The number of rotatable bonds is 5. The molecule has 0 aromatic heterocycles. The van der Waals surface area contributed by atoms with Crippen LogP contribution in [-0.2, 0) is 20.7 Å². The molecule has 1 aliphatic heterocycles. The largest absolute Gasteiger partial charge is 0.505 e. The van der Waals surface area contributed by atoms with Crippen LogP contribution in [0.4, 0.5) is 11.4 Å². The van der Waals surface area contributed by atoms with Crippen molar-refractivity contribution in [3.05, 3.63) is 53.1 Å². The fourth-order valence-corrected chi connectivity index (χ4v) is 3.64. The van der Waals surface area contributed by atoms with E-state index < -0.39 is 11.9 Å². The molecule has 0 spiro atoms. The average molecular weight is 396 g/mol. The van der Waals surface area contributed by atoms with Crippen molar-refractivity contribution in [1.82, 2.24) is 0 Å². The van der Waals surface area contributed by atoms with Crippen LogP contribution in [0.1, 0.15) is 34.8 Å². The fraction of sp³-hybridized carbons (Fsp3) is 0.318. The number of aromatic hydroxyl groups is 1. The van der Waals surface area contributed by atoms with Crippen molar-refractivity contribution in [2.75, 3.05) is 23.9 Å². The summed E-state index contributed by atoms with van der Waals surface area (Å²) >= 11 is 0. The SMILES string of the molecule is CCc1cccc(C)c1N1CC(C(=O)Nc2cccc(C(=O)OC)c2O)CC1=O. The Hall–Kier alpha value is -3.35. The maximum absolute atomic E-state index is 12.8. The topological polar surface area (TPSA) is 95.9 Å². The lowest BCUT2D eigenvalue weighted by atomic mass is 10.0. The minimum Gasteiger partial charge on any atom is -0.505 e. The van der Waals surface area contributed by atoms with Gasteiger partial charge >= 0.3 is 5.97 Å². The van der Waals surface area contributed by atoms with Gasteiger partial charge in [0.1, 0.15) is 5.56 Å². The molecule has 7 nitrogen and oxygen atoms in total. The van der Waals surface area contributed by atoms with Gasteiger partial charge in [0.05, 0.1) is 18.7 Å². The van der Waals surface area contributed by atoms with Crippen LogP contribution < -0.4 is 10.2 Å². The highest BCUT2D eigenvalue weighted by Gasteiger charge is 2.36. The van der Waals surface area contributed by atoms with E-state index in [4.69, 9.17) is 0 Å². The quantitative estimate of drug-likeness (QED) is 0.598. The molecule has 3 rings (SSSR count). The number of aryl methyl sites for hydroxylation is 2. The van der Waals surface area contributed by atoms with E-state index in [2.05, 4.69) is 10.1 Å². The number of amides is 2. The van der Waals surface area contributed by atoms with Gasteiger partial charge in [-0.25, -0.2) is 4.79 Å². The number of esters is 1. The molecule has 1 aliphatic rings. The van der Waals surface area contributed by atoms with E-state index in [1.54, 1.807) is 4.90 Å². The summed E-state index contributed by atoms with van der Waals surface area (Å²) in [6.07, 6.45) is 0.868. The molecule has 152 valence electrons. The Morgan fingerprint density at radius 2 is 1.97 bits per heavy atom. The number of methoxy groups -OCH3 is 1. The molecule has 2 aromatic carbocycles. The van der Waals surface area contributed by atoms with Crippen molar-refractivity contribution in [3.8, 4) is 5.75 Å². The standard InChI is InChI=1S/C22H24N2O5/c1-4-14-8-5-7-13(2)19(14)24-12-15(11-18(24)25)21(27)23-17-10-6-9-16(20(17)26)22(28)29-3/h5-10,15,26H,4,11-12H2,1-3H3,(H,23,27). The average Bonchev–Trinajstić information content (AvgIpc) is 3.10. The molecule has 2 N–H and O–H groups in total. The third-order valence-electron chi connectivity index (χ3n) is 5.17. The van der Waals surface area contributed by atoms with Crippen LogP contribution >= 0.6 is 0 Å². The van der Waals surface area contributed by atoms with Gasteiger partial charge in [-0.1, -0.05) is 31.2 Å². The second kappa shape index (κ2) is 8.34. The van der Waals surface area contributed by atoms with E-state index >= 15 is 0 Å². The van der Waals surface area contributed by atoms with Gasteiger partial charge < -0.3 is 20.1 Å². The highest BCUT2D eigenvalue weighted by atomic mass is 16.5. The van der Waals surface area contributed by atoms with Crippen molar-refractivity contribution in [3.63, 3.8) is 0 Å². The molecule has 0 aliphatic carbocycles. The first-order chi connectivity index (χ1) is 13.9. The molecule has 2 amide bonds. The number of carbonyl (C=O) groups excluding carboxylic acids is 3.